The average Bonchev–Trinajstić information content (AvgIpc) is 2.76. The molecule has 1 atom stereocenters. The van der Waals surface area contributed by atoms with Gasteiger partial charge in [0.1, 0.15) is 0 Å². The highest BCUT2D eigenvalue weighted by molar-refractivity contribution is 9.09. The fourth-order valence-corrected chi connectivity index (χ4v) is 4.84. The van der Waals surface area contributed by atoms with Gasteiger partial charge in [-0.3, -0.25) is 4.68 Å². The first-order chi connectivity index (χ1) is 8.07. The number of aryl methyl sites for hydroxylation is 1. The number of sulfonamides is 1. The third-order valence-electron chi connectivity index (χ3n) is 3.10. The Morgan fingerprint density at radius 1 is 1.53 bits per heavy atom. The Labute approximate surface area is 110 Å². The van der Waals surface area contributed by atoms with Crippen LogP contribution in [0.4, 0.5) is 0 Å². The molecule has 0 spiro atoms. The van der Waals surface area contributed by atoms with Gasteiger partial charge in [-0.05, 0) is 18.9 Å². The summed E-state index contributed by atoms with van der Waals surface area (Å²) >= 11 is 3.40. The summed E-state index contributed by atoms with van der Waals surface area (Å²) in [6.07, 6.45) is 4.45. The van der Waals surface area contributed by atoms with Crippen LogP contribution in [0.2, 0.25) is 0 Å². The molecule has 7 heteroatoms. The van der Waals surface area contributed by atoms with Crippen molar-refractivity contribution >= 4 is 26.0 Å². The van der Waals surface area contributed by atoms with Gasteiger partial charge in [0.05, 0.1) is 6.20 Å². The van der Waals surface area contributed by atoms with E-state index >= 15 is 0 Å². The maximum atomic E-state index is 12.5. The SMILES string of the molecule is Cn1nccc1S(=O)(=O)N1CCCCC1CBr. The second-order valence-electron chi connectivity index (χ2n) is 4.21. The Kier molecular flexibility index (Phi) is 3.89. The van der Waals surface area contributed by atoms with Crippen molar-refractivity contribution in [3.63, 3.8) is 0 Å². The first-order valence-electron chi connectivity index (χ1n) is 5.63. The Bertz CT molecular complexity index is 485. The number of hydrogen-bond donors (Lipinski definition) is 0. The second kappa shape index (κ2) is 5.07. The molecule has 1 aromatic rings. The van der Waals surface area contributed by atoms with Crippen LogP contribution in [0.25, 0.3) is 0 Å². The van der Waals surface area contributed by atoms with E-state index < -0.39 is 10.0 Å². The van der Waals surface area contributed by atoms with Crippen molar-refractivity contribution in [3.8, 4) is 0 Å². The fraction of sp³-hybridized carbons (Fsp3) is 0.700. The molecule has 0 saturated carbocycles. The van der Waals surface area contributed by atoms with Crippen molar-refractivity contribution in [2.45, 2.75) is 30.3 Å². The Morgan fingerprint density at radius 2 is 2.29 bits per heavy atom. The van der Waals surface area contributed by atoms with Crippen LogP contribution in [-0.4, -0.2) is 40.4 Å². The van der Waals surface area contributed by atoms with Gasteiger partial charge in [0, 0.05) is 25.0 Å². The molecule has 17 heavy (non-hydrogen) atoms. The average molecular weight is 322 g/mol. The van der Waals surface area contributed by atoms with E-state index in [9.17, 15) is 8.42 Å². The maximum Gasteiger partial charge on any atom is 0.260 e. The monoisotopic (exact) mass is 321 g/mol. The zero-order valence-corrected chi connectivity index (χ0v) is 12.1. The molecule has 5 nitrogen and oxygen atoms in total. The van der Waals surface area contributed by atoms with Gasteiger partial charge < -0.3 is 0 Å². The molecular formula is C10H16BrN3O2S. The van der Waals surface area contributed by atoms with E-state index in [0.717, 1.165) is 19.3 Å². The Morgan fingerprint density at radius 3 is 2.88 bits per heavy atom. The van der Waals surface area contributed by atoms with Crippen LogP contribution in [-0.2, 0) is 17.1 Å². The van der Waals surface area contributed by atoms with Crippen molar-refractivity contribution < 1.29 is 8.42 Å². The van der Waals surface area contributed by atoms with Crippen LogP contribution in [0.15, 0.2) is 17.3 Å². The predicted octanol–water partition coefficient (Wildman–Crippen LogP) is 1.36. The lowest BCUT2D eigenvalue weighted by Gasteiger charge is -2.33. The second-order valence-corrected chi connectivity index (χ2v) is 6.70. The number of piperidine rings is 1. The topological polar surface area (TPSA) is 55.2 Å². The lowest BCUT2D eigenvalue weighted by Crippen LogP contribution is -2.45. The van der Waals surface area contributed by atoms with E-state index in [1.165, 1.54) is 10.9 Å². The van der Waals surface area contributed by atoms with E-state index in [2.05, 4.69) is 21.0 Å². The smallest absolute Gasteiger partial charge is 0.256 e. The van der Waals surface area contributed by atoms with Crippen molar-refractivity contribution in [3.05, 3.63) is 12.3 Å². The molecule has 0 N–H and O–H groups in total. The first kappa shape index (κ1) is 13.0. The van der Waals surface area contributed by atoms with Crippen LogP contribution in [0, 0.1) is 0 Å². The molecule has 0 aromatic carbocycles. The molecule has 2 rings (SSSR count). The van der Waals surface area contributed by atoms with Gasteiger partial charge in [-0.25, -0.2) is 8.42 Å². The van der Waals surface area contributed by atoms with Crippen LogP contribution in [0.3, 0.4) is 0 Å². The summed E-state index contributed by atoms with van der Waals surface area (Å²) in [7, 11) is -1.75. The summed E-state index contributed by atoms with van der Waals surface area (Å²) < 4.78 is 28.0. The summed E-state index contributed by atoms with van der Waals surface area (Å²) in [5, 5.41) is 4.88. The van der Waals surface area contributed by atoms with Crippen molar-refractivity contribution in [1.29, 1.82) is 0 Å². The molecule has 1 unspecified atom stereocenters. The van der Waals surface area contributed by atoms with Crippen molar-refractivity contribution in [1.82, 2.24) is 14.1 Å². The quantitative estimate of drug-likeness (QED) is 0.790. The third kappa shape index (κ3) is 2.41. The summed E-state index contributed by atoms with van der Waals surface area (Å²) in [4.78, 5) is 0. The zero-order chi connectivity index (χ0) is 12.5. The number of rotatable bonds is 3. The number of halogens is 1. The van der Waals surface area contributed by atoms with E-state index in [0.29, 0.717) is 11.9 Å². The molecular weight excluding hydrogens is 306 g/mol. The molecule has 1 saturated heterocycles. The van der Waals surface area contributed by atoms with Crippen LogP contribution >= 0.6 is 15.9 Å². The molecule has 1 aliphatic heterocycles. The standard InChI is InChI=1S/C10H16BrN3O2S/c1-13-10(5-6-12-13)17(15,16)14-7-3-2-4-9(14)8-11/h5-6,9H,2-4,7-8H2,1H3. The van der Waals surface area contributed by atoms with Crippen LogP contribution in [0.5, 0.6) is 0 Å². The minimum atomic E-state index is -3.41. The largest absolute Gasteiger partial charge is 0.260 e. The minimum absolute atomic E-state index is 0.0589. The summed E-state index contributed by atoms with van der Waals surface area (Å²) in [5.41, 5.74) is 0. The molecule has 0 amide bonds. The van der Waals surface area contributed by atoms with E-state index in [1.807, 2.05) is 0 Å². The molecule has 96 valence electrons. The number of alkyl halides is 1. The van der Waals surface area contributed by atoms with Gasteiger partial charge in [-0.2, -0.15) is 9.40 Å². The number of nitrogens with zero attached hydrogens (tertiary/aromatic N) is 3. The number of aromatic nitrogens is 2. The number of hydrogen-bond acceptors (Lipinski definition) is 3. The Balaban J connectivity index is 2.34. The molecule has 0 radical (unpaired) electrons. The first-order valence-corrected chi connectivity index (χ1v) is 8.19. The normalized spacial score (nSPS) is 22.8. The lowest BCUT2D eigenvalue weighted by molar-refractivity contribution is 0.272. The zero-order valence-electron chi connectivity index (χ0n) is 9.71. The molecule has 1 aromatic heterocycles. The van der Waals surface area contributed by atoms with Gasteiger partial charge in [0.25, 0.3) is 10.0 Å². The van der Waals surface area contributed by atoms with Crippen molar-refractivity contribution in [2.24, 2.45) is 7.05 Å². The van der Waals surface area contributed by atoms with Gasteiger partial charge in [-0.1, -0.05) is 22.4 Å². The fourth-order valence-electron chi connectivity index (χ4n) is 2.18. The lowest BCUT2D eigenvalue weighted by atomic mass is 10.1. The van der Waals surface area contributed by atoms with Gasteiger partial charge in [0.2, 0.25) is 0 Å². The van der Waals surface area contributed by atoms with Crippen LogP contribution in [0.1, 0.15) is 19.3 Å². The van der Waals surface area contributed by atoms with Gasteiger partial charge >= 0.3 is 0 Å². The summed E-state index contributed by atoms with van der Waals surface area (Å²) in [5.74, 6) is 0. The predicted molar refractivity (Wildman–Crippen MR) is 68.5 cm³/mol. The highest BCUT2D eigenvalue weighted by atomic mass is 79.9. The molecule has 1 aliphatic rings. The third-order valence-corrected chi connectivity index (χ3v) is 5.87. The van der Waals surface area contributed by atoms with E-state index in [-0.39, 0.29) is 11.1 Å². The maximum absolute atomic E-state index is 12.5. The highest BCUT2D eigenvalue weighted by Gasteiger charge is 2.34. The van der Waals surface area contributed by atoms with E-state index in [4.69, 9.17) is 0 Å². The molecule has 0 aliphatic carbocycles. The highest BCUT2D eigenvalue weighted by Crippen LogP contribution is 2.25. The van der Waals surface area contributed by atoms with Crippen LogP contribution < -0.4 is 0 Å². The van der Waals surface area contributed by atoms with E-state index in [1.54, 1.807) is 17.4 Å². The van der Waals surface area contributed by atoms with Crippen molar-refractivity contribution in [2.75, 3.05) is 11.9 Å². The summed E-state index contributed by atoms with van der Waals surface area (Å²) in [6, 6.07) is 1.61. The van der Waals surface area contributed by atoms with Gasteiger partial charge in [0.15, 0.2) is 5.03 Å². The summed E-state index contributed by atoms with van der Waals surface area (Å²) in [6.45, 7) is 0.601. The molecule has 0 bridgehead atoms. The Hall–Kier alpha value is -0.400. The molecule has 2 heterocycles. The molecule has 1 fully saturated rings. The minimum Gasteiger partial charge on any atom is -0.256 e. The van der Waals surface area contributed by atoms with Gasteiger partial charge in [-0.15, -0.1) is 0 Å².